The zero-order valence-corrected chi connectivity index (χ0v) is 27.0. The Morgan fingerprint density at radius 1 is 0.688 bits per heavy atom. The largest absolute Gasteiger partial charge is 0.489 e. The Hall–Kier alpha value is -5.93. The minimum absolute atomic E-state index is 0.0458. The molecule has 3 N–H and O–H groups in total. The Labute approximate surface area is 283 Å². The van der Waals surface area contributed by atoms with Crippen LogP contribution in [-0.2, 0) is 16.2 Å². The Bertz CT molecular complexity index is 1910. The molecule has 5 aromatic rings. The molecule has 0 aromatic heterocycles. The summed E-state index contributed by atoms with van der Waals surface area (Å²) in [7, 11) is 0. The second-order valence-electron chi connectivity index (χ2n) is 10.7. The third-order valence-electron chi connectivity index (χ3n) is 7.01. The molecule has 0 fully saturated rings. The summed E-state index contributed by atoms with van der Waals surface area (Å²) in [6, 6.07) is 39.5. The highest BCUT2D eigenvalue weighted by Crippen LogP contribution is 2.23. The van der Waals surface area contributed by atoms with Gasteiger partial charge in [-0.2, -0.15) is 0 Å². The minimum Gasteiger partial charge on any atom is -0.489 e. The normalized spacial score (nSPS) is 10.9. The predicted octanol–water partition coefficient (Wildman–Crippen LogP) is 7.61. The Morgan fingerprint density at radius 2 is 1.38 bits per heavy atom. The van der Waals surface area contributed by atoms with Gasteiger partial charge in [-0.05, 0) is 90.9 Å². The topological polar surface area (TPSA) is 114 Å². The number of thioether (sulfide) groups is 1. The molecule has 240 valence electrons. The second kappa shape index (κ2) is 16.6. The van der Waals surface area contributed by atoms with Gasteiger partial charge in [-0.3, -0.25) is 19.2 Å². The van der Waals surface area contributed by atoms with Crippen molar-refractivity contribution in [3.8, 4) is 5.75 Å². The maximum atomic E-state index is 13.5. The minimum atomic E-state index is -0.516. The van der Waals surface area contributed by atoms with Crippen LogP contribution in [0, 0.1) is 0 Å². The molecule has 0 aliphatic rings. The average molecular weight is 656 g/mol. The first-order valence-electron chi connectivity index (χ1n) is 15.1. The Kier molecular flexibility index (Phi) is 11.5. The number of nitrogens with one attached hydrogen (secondary N) is 3. The van der Waals surface area contributed by atoms with Gasteiger partial charge in [0.15, 0.2) is 5.78 Å². The lowest BCUT2D eigenvalue weighted by molar-refractivity contribution is -0.114. The van der Waals surface area contributed by atoms with E-state index in [1.165, 1.54) is 18.7 Å². The number of ether oxygens (including phenoxy) is 1. The van der Waals surface area contributed by atoms with Crippen molar-refractivity contribution in [3.05, 3.63) is 161 Å². The lowest BCUT2D eigenvalue weighted by Crippen LogP contribution is -2.30. The van der Waals surface area contributed by atoms with Gasteiger partial charge in [0.05, 0.1) is 5.75 Å². The van der Waals surface area contributed by atoms with Crippen LogP contribution in [0.1, 0.15) is 38.8 Å². The van der Waals surface area contributed by atoms with E-state index in [2.05, 4.69) is 16.0 Å². The number of ketones is 1. The maximum Gasteiger partial charge on any atom is 0.272 e. The fourth-order valence-electron chi connectivity index (χ4n) is 4.51. The molecule has 0 heterocycles. The highest BCUT2D eigenvalue weighted by Gasteiger charge is 2.16. The van der Waals surface area contributed by atoms with Gasteiger partial charge in [-0.1, -0.05) is 66.7 Å². The van der Waals surface area contributed by atoms with E-state index in [1.54, 1.807) is 84.9 Å². The zero-order valence-electron chi connectivity index (χ0n) is 26.1. The summed E-state index contributed by atoms with van der Waals surface area (Å²) in [6.45, 7) is 1.91. The van der Waals surface area contributed by atoms with E-state index < -0.39 is 11.8 Å². The summed E-state index contributed by atoms with van der Waals surface area (Å²) in [5, 5.41) is 8.43. The van der Waals surface area contributed by atoms with Crippen molar-refractivity contribution >= 4 is 52.7 Å². The van der Waals surface area contributed by atoms with Crippen molar-refractivity contribution in [2.45, 2.75) is 18.4 Å². The SMILES string of the molecule is CC(=O)c1ccc(NC(=O)CSc2cccc(NC(=O)/C(=C/c3ccc(OCc4ccccc4)cc3)NC(=O)c3ccccc3)c2)cc1. The molecule has 0 bridgehead atoms. The molecule has 8 nitrogen and oxygen atoms in total. The van der Waals surface area contributed by atoms with Crippen LogP contribution in [0.4, 0.5) is 11.4 Å². The van der Waals surface area contributed by atoms with Crippen LogP contribution in [0.3, 0.4) is 0 Å². The van der Waals surface area contributed by atoms with Gasteiger partial charge >= 0.3 is 0 Å². The number of carbonyl (C=O) groups is 4. The summed E-state index contributed by atoms with van der Waals surface area (Å²) in [5.41, 5.74) is 3.86. The van der Waals surface area contributed by atoms with E-state index in [0.29, 0.717) is 40.4 Å². The van der Waals surface area contributed by atoms with Crippen molar-refractivity contribution in [2.75, 3.05) is 16.4 Å². The molecule has 0 saturated heterocycles. The highest BCUT2D eigenvalue weighted by atomic mass is 32.2. The molecule has 0 radical (unpaired) electrons. The van der Waals surface area contributed by atoms with Gasteiger partial charge in [-0.15, -0.1) is 11.8 Å². The van der Waals surface area contributed by atoms with Crippen molar-refractivity contribution in [1.29, 1.82) is 0 Å². The third kappa shape index (κ3) is 10.0. The van der Waals surface area contributed by atoms with Crippen molar-refractivity contribution in [1.82, 2.24) is 5.32 Å². The Morgan fingerprint density at radius 3 is 2.06 bits per heavy atom. The molecule has 48 heavy (non-hydrogen) atoms. The first kappa shape index (κ1) is 33.4. The molecular weight excluding hydrogens is 623 g/mol. The zero-order chi connectivity index (χ0) is 33.7. The van der Waals surface area contributed by atoms with Crippen LogP contribution in [0.15, 0.2) is 144 Å². The van der Waals surface area contributed by atoms with Gasteiger partial charge in [0.2, 0.25) is 5.91 Å². The Balaban J connectivity index is 1.25. The van der Waals surface area contributed by atoms with Gasteiger partial charge in [0.1, 0.15) is 18.1 Å². The smallest absolute Gasteiger partial charge is 0.272 e. The number of rotatable bonds is 13. The number of Topliss-reactive ketones (excluding diaryl/α,β-unsaturated/α-hetero) is 1. The summed E-state index contributed by atoms with van der Waals surface area (Å²) in [5.74, 6) is -0.395. The summed E-state index contributed by atoms with van der Waals surface area (Å²) in [4.78, 5) is 51.4. The van der Waals surface area contributed by atoms with Crippen LogP contribution in [0.25, 0.3) is 6.08 Å². The number of anilines is 2. The van der Waals surface area contributed by atoms with Gasteiger partial charge < -0.3 is 20.7 Å². The van der Waals surface area contributed by atoms with Crippen LogP contribution < -0.4 is 20.7 Å². The summed E-state index contributed by atoms with van der Waals surface area (Å²) < 4.78 is 5.88. The first-order chi connectivity index (χ1) is 23.3. The number of hydrogen-bond donors (Lipinski definition) is 3. The molecule has 5 aromatic carbocycles. The van der Waals surface area contributed by atoms with Crippen LogP contribution in [0.2, 0.25) is 0 Å². The number of carbonyl (C=O) groups excluding carboxylic acids is 4. The van der Waals surface area contributed by atoms with Crippen molar-refractivity contribution in [3.63, 3.8) is 0 Å². The van der Waals surface area contributed by atoms with E-state index in [4.69, 9.17) is 4.74 Å². The monoisotopic (exact) mass is 655 g/mol. The third-order valence-corrected chi connectivity index (χ3v) is 8.00. The van der Waals surface area contributed by atoms with Crippen molar-refractivity contribution in [2.24, 2.45) is 0 Å². The number of benzene rings is 5. The van der Waals surface area contributed by atoms with E-state index >= 15 is 0 Å². The predicted molar refractivity (Wildman–Crippen MR) is 190 cm³/mol. The van der Waals surface area contributed by atoms with E-state index in [9.17, 15) is 19.2 Å². The molecule has 0 aliphatic carbocycles. The highest BCUT2D eigenvalue weighted by molar-refractivity contribution is 8.00. The number of hydrogen-bond acceptors (Lipinski definition) is 6. The lowest BCUT2D eigenvalue weighted by atomic mass is 10.1. The fourth-order valence-corrected chi connectivity index (χ4v) is 5.26. The van der Waals surface area contributed by atoms with Gasteiger partial charge in [0.25, 0.3) is 11.8 Å². The first-order valence-corrected chi connectivity index (χ1v) is 16.1. The maximum absolute atomic E-state index is 13.5. The van der Waals surface area contributed by atoms with E-state index in [0.717, 1.165) is 10.5 Å². The average Bonchev–Trinajstić information content (AvgIpc) is 3.11. The van der Waals surface area contributed by atoms with Crippen LogP contribution in [-0.4, -0.2) is 29.3 Å². The molecule has 0 atom stereocenters. The quantitative estimate of drug-likeness (QED) is 0.0684. The standard InChI is InChI=1S/C39H33N3O5S/c1-27(43)30-17-19-32(20-18-30)40-37(44)26-48-35-14-8-13-33(24-35)41-39(46)36(42-38(45)31-11-6-3-7-12-31)23-28-15-21-34(22-16-28)47-25-29-9-4-2-5-10-29/h2-24H,25-26H2,1H3,(H,40,44)(H,41,46)(H,42,45)/b36-23-. The number of amides is 3. The molecule has 0 saturated carbocycles. The van der Waals surface area contributed by atoms with E-state index in [1.807, 2.05) is 54.6 Å². The van der Waals surface area contributed by atoms with E-state index in [-0.39, 0.29) is 23.1 Å². The van der Waals surface area contributed by atoms with Gasteiger partial charge in [0, 0.05) is 27.4 Å². The fraction of sp³-hybridized carbons (Fsp3) is 0.0769. The molecule has 0 aliphatic heterocycles. The lowest BCUT2D eigenvalue weighted by Gasteiger charge is -2.12. The molecule has 0 spiro atoms. The molecule has 5 rings (SSSR count). The molecular formula is C39H33N3O5S. The molecule has 0 unspecified atom stereocenters. The van der Waals surface area contributed by atoms with Crippen molar-refractivity contribution < 1.29 is 23.9 Å². The summed E-state index contributed by atoms with van der Waals surface area (Å²) in [6.07, 6.45) is 1.60. The molecule has 3 amide bonds. The van der Waals surface area contributed by atoms with Crippen LogP contribution in [0.5, 0.6) is 5.75 Å². The summed E-state index contributed by atoms with van der Waals surface area (Å²) >= 11 is 1.31. The second-order valence-corrected chi connectivity index (χ2v) is 11.7. The van der Waals surface area contributed by atoms with Crippen LogP contribution >= 0.6 is 11.8 Å². The van der Waals surface area contributed by atoms with Gasteiger partial charge in [-0.25, -0.2) is 0 Å². The molecule has 9 heteroatoms.